The van der Waals surface area contributed by atoms with Gasteiger partial charge >= 0.3 is 11.9 Å². The summed E-state index contributed by atoms with van der Waals surface area (Å²) in [6.07, 6.45) is -0.417. The Balaban J connectivity index is 3.93. The Hall–Kier alpha value is -0.970. The Morgan fingerprint density at radius 3 is 2.28 bits per heavy atom. The molecule has 0 bridgehead atoms. The van der Waals surface area contributed by atoms with Crippen molar-refractivity contribution >= 4 is 22.8 Å². The van der Waals surface area contributed by atoms with Crippen molar-refractivity contribution in [3.05, 3.63) is 12.2 Å². The molecule has 0 radical (unpaired) electrons. The zero-order valence-electron chi connectivity index (χ0n) is 11.7. The molecule has 18 heavy (non-hydrogen) atoms. The molecule has 0 saturated heterocycles. The minimum absolute atomic E-state index is 0.0729. The van der Waals surface area contributed by atoms with Crippen LogP contribution in [-0.4, -0.2) is 41.9 Å². The van der Waals surface area contributed by atoms with Crippen molar-refractivity contribution in [3.8, 4) is 0 Å². The lowest BCUT2D eigenvalue weighted by atomic mass is 10.3. The number of esters is 2. The average molecular weight is 275 g/mol. The summed E-state index contributed by atoms with van der Waals surface area (Å²) < 4.78 is 10.1. The van der Waals surface area contributed by atoms with E-state index in [-0.39, 0.29) is 23.5 Å². The smallest absolute Gasteiger partial charge is 0.356 e. The Kier molecular flexibility index (Phi) is 8.54. The lowest BCUT2D eigenvalue weighted by Crippen LogP contribution is -2.28. The minimum Gasteiger partial charge on any atom is -0.458 e. The molecule has 0 aliphatic rings. The lowest BCUT2D eigenvalue weighted by molar-refractivity contribution is -0.153. The summed E-state index contributed by atoms with van der Waals surface area (Å²) >= 11 is 0. The SMILES string of the molecule is C=C(C)C(=O)OCC(C)OC(=O)C[S+](CC)CC. The van der Waals surface area contributed by atoms with Crippen LogP contribution in [0, 0.1) is 0 Å². The molecule has 1 unspecified atom stereocenters. The summed E-state index contributed by atoms with van der Waals surface area (Å²) in [7, 11) is 0.0986. The van der Waals surface area contributed by atoms with Crippen LogP contribution in [0.25, 0.3) is 0 Å². The zero-order valence-corrected chi connectivity index (χ0v) is 12.5. The molecule has 0 aromatic carbocycles. The van der Waals surface area contributed by atoms with Crippen LogP contribution in [0.4, 0.5) is 0 Å². The second-order valence-corrected chi connectivity index (χ2v) is 6.68. The standard InChI is InChI=1S/C13H23O4S/c1-6-18(7-2)9-12(14)17-11(5)8-16-13(15)10(3)4/h11H,3,6-9H2,1-2,4-5H3/q+1. The van der Waals surface area contributed by atoms with Crippen LogP contribution >= 0.6 is 0 Å². The molecular formula is C13H23O4S+. The summed E-state index contributed by atoms with van der Waals surface area (Å²) in [6.45, 7) is 11.0. The van der Waals surface area contributed by atoms with Crippen LogP contribution in [0.1, 0.15) is 27.7 Å². The maximum absolute atomic E-state index is 11.6. The van der Waals surface area contributed by atoms with Gasteiger partial charge in [-0.15, -0.1) is 0 Å². The fourth-order valence-corrected chi connectivity index (χ4v) is 2.40. The number of hydrogen-bond donors (Lipinski definition) is 0. The van der Waals surface area contributed by atoms with Crippen LogP contribution in [0.3, 0.4) is 0 Å². The van der Waals surface area contributed by atoms with Gasteiger partial charge in [0.15, 0.2) is 0 Å². The third-order valence-corrected chi connectivity index (χ3v) is 4.55. The van der Waals surface area contributed by atoms with Gasteiger partial charge in [0.25, 0.3) is 0 Å². The minimum atomic E-state index is -0.459. The molecule has 0 heterocycles. The first-order chi connectivity index (χ1) is 8.40. The van der Waals surface area contributed by atoms with Crippen molar-refractivity contribution in [1.82, 2.24) is 0 Å². The molecular weight excluding hydrogens is 252 g/mol. The fourth-order valence-electron chi connectivity index (χ4n) is 1.18. The van der Waals surface area contributed by atoms with E-state index in [1.807, 2.05) is 0 Å². The predicted octanol–water partition coefficient (Wildman–Crippen LogP) is 1.70. The molecule has 5 heteroatoms. The maximum Gasteiger partial charge on any atom is 0.356 e. The van der Waals surface area contributed by atoms with E-state index in [1.54, 1.807) is 13.8 Å². The van der Waals surface area contributed by atoms with E-state index >= 15 is 0 Å². The van der Waals surface area contributed by atoms with E-state index in [0.717, 1.165) is 11.5 Å². The first-order valence-corrected chi connectivity index (χ1v) is 7.80. The summed E-state index contributed by atoms with van der Waals surface area (Å²) in [5.74, 6) is 1.75. The summed E-state index contributed by atoms with van der Waals surface area (Å²) in [6, 6.07) is 0. The van der Waals surface area contributed by atoms with Crippen LogP contribution in [-0.2, 0) is 30.0 Å². The van der Waals surface area contributed by atoms with E-state index < -0.39 is 12.1 Å². The van der Waals surface area contributed by atoms with Crippen LogP contribution in [0.2, 0.25) is 0 Å². The van der Waals surface area contributed by atoms with Gasteiger partial charge in [-0.2, -0.15) is 0 Å². The number of carbonyl (C=O) groups excluding carboxylic acids is 2. The van der Waals surface area contributed by atoms with E-state index in [2.05, 4.69) is 20.4 Å². The van der Waals surface area contributed by atoms with Crippen LogP contribution in [0.5, 0.6) is 0 Å². The molecule has 0 aliphatic heterocycles. The number of carbonyl (C=O) groups is 2. The monoisotopic (exact) mass is 275 g/mol. The molecule has 0 aromatic rings. The van der Waals surface area contributed by atoms with Crippen molar-refractivity contribution in [2.75, 3.05) is 23.9 Å². The van der Waals surface area contributed by atoms with Crippen molar-refractivity contribution < 1.29 is 19.1 Å². The Morgan fingerprint density at radius 1 is 1.28 bits per heavy atom. The highest BCUT2D eigenvalue weighted by molar-refractivity contribution is 7.97. The molecule has 104 valence electrons. The van der Waals surface area contributed by atoms with E-state index in [9.17, 15) is 9.59 Å². The molecule has 0 aromatic heterocycles. The van der Waals surface area contributed by atoms with E-state index in [4.69, 9.17) is 9.47 Å². The Morgan fingerprint density at radius 2 is 1.83 bits per heavy atom. The van der Waals surface area contributed by atoms with Gasteiger partial charge in [0, 0.05) is 5.57 Å². The molecule has 0 rings (SSSR count). The molecule has 0 amide bonds. The van der Waals surface area contributed by atoms with Gasteiger partial charge in [0.1, 0.15) is 24.2 Å². The second-order valence-electron chi connectivity index (χ2n) is 4.01. The van der Waals surface area contributed by atoms with Gasteiger partial charge < -0.3 is 9.47 Å². The highest BCUT2D eigenvalue weighted by atomic mass is 32.2. The molecule has 1 atom stereocenters. The summed E-state index contributed by atoms with van der Waals surface area (Å²) in [5, 5.41) is 0. The van der Waals surface area contributed by atoms with Gasteiger partial charge in [0.2, 0.25) is 5.75 Å². The molecule has 4 nitrogen and oxygen atoms in total. The first-order valence-electron chi connectivity index (χ1n) is 6.06. The Labute approximate surface area is 112 Å². The zero-order chi connectivity index (χ0) is 14.1. The van der Waals surface area contributed by atoms with Crippen molar-refractivity contribution in [3.63, 3.8) is 0 Å². The molecule has 0 spiro atoms. The molecule has 0 fully saturated rings. The highest BCUT2D eigenvalue weighted by Crippen LogP contribution is 2.01. The van der Waals surface area contributed by atoms with Crippen molar-refractivity contribution in [2.24, 2.45) is 0 Å². The largest absolute Gasteiger partial charge is 0.458 e. The van der Waals surface area contributed by atoms with E-state index in [0.29, 0.717) is 11.3 Å². The highest BCUT2D eigenvalue weighted by Gasteiger charge is 2.21. The van der Waals surface area contributed by atoms with Gasteiger partial charge in [0.05, 0.1) is 0 Å². The molecule has 0 aliphatic carbocycles. The normalized spacial score (nSPS) is 12.1. The number of hydrogen-bond acceptors (Lipinski definition) is 4. The van der Waals surface area contributed by atoms with Gasteiger partial charge in [-0.1, -0.05) is 6.58 Å². The fraction of sp³-hybridized carbons (Fsp3) is 0.692. The van der Waals surface area contributed by atoms with Crippen LogP contribution in [0.15, 0.2) is 12.2 Å². The average Bonchev–Trinajstić information content (AvgIpc) is 2.32. The van der Waals surface area contributed by atoms with E-state index in [1.165, 1.54) is 0 Å². The summed E-state index contributed by atoms with van der Waals surface area (Å²) in [4.78, 5) is 22.7. The number of rotatable bonds is 8. The lowest BCUT2D eigenvalue weighted by Gasteiger charge is -2.13. The third kappa shape index (κ3) is 7.37. The molecule has 0 N–H and O–H groups in total. The third-order valence-electron chi connectivity index (χ3n) is 2.27. The van der Waals surface area contributed by atoms with Gasteiger partial charge in [-0.3, -0.25) is 0 Å². The van der Waals surface area contributed by atoms with Crippen LogP contribution < -0.4 is 0 Å². The number of ether oxygens (including phenoxy) is 2. The summed E-state index contributed by atoms with van der Waals surface area (Å²) in [5.41, 5.74) is 0.340. The predicted molar refractivity (Wildman–Crippen MR) is 74.6 cm³/mol. The Bertz CT molecular complexity index is 297. The first kappa shape index (κ1) is 17.0. The van der Waals surface area contributed by atoms with Gasteiger partial charge in [-0.05, 0) is 38.6 Å². The quantitative estimate of drug-likeness (QED) is 0.384. The van der Waals surface area contributed by atoms with Crippen molar-refractivity contribution in [2.45, 2.75) is 33.8 Å². The molecule has 0 saturated carbocycles. The van der Waals surface area contributed by atoms with Crippen molar-refractivity contribution in [1.29, 1.82) is 0 Å². The second kappa shape index (κ2) is 9.03. The maximum atomic E-state index is 11.6. The van der Waals surface area contributed by atoms with Gasteiger partial charge in [-0.25, -0.2) is 9.59 Å². The topological polar surface area (TPSA) is 52.6 Å².